The summed E-state index contributed by atoms with van der Waals surface area (Å²) in [6, 6.07) is 6.99. The van der Waals surface area contributed by atoms with Crippen LogP contribution in [0.1, 0.15) is 52.2 Å². The Morgan fingerprint density at radius 3 is 2.73 bits per heavy atom. The van der Waals surface area contributed by atoms with E-state index in [1.54, 1.807) is 29.2 Å². The van der Waals surface area contributed by atoms with E-state index in [1.807, 2.05) is 0 Å². The van der Waals surface area contributed by atoms with Crippen molar-refractivity contribution >= 4 is 11.7 Å². The summed E-state index contributed by atoms with van der Waals surface area (Å²) < 4.78 is 0. The number of hydrogen-bond acceptors (Lipinski definition) is 4. The first-order chi connectivity index (χ1) is 10.7. The van der Waals surface area contributed by atoms with E-state index in [9.17, 15) is 9.59 Å². The number of nitrogens with one attached hydrogen (secondary N) is 1. The molecule has 2 heterocycles. The summed E-state index contributed by atoms with van der Waals surface area (Å²) in [6.45, 7) is 2.79. The summed E-state index contributed by atoms with van der Waals surface area (Å²) in [4.78, 5) is 30.5. The summed E-state index contributed by atoms with van der Waals surface area (Å²) in [7, 11) is 0. The minimum absolute atomic E-state index is 0.0879. The van der Waals surface area contributed by atoms with E-state index in [1.165, 1.54) is 13.3 Å². The summed E-state index contributed by atoms with van der Waals surface area (Å²) in [5.41, 5.74) is 0.961. The van der Waals surface area contributed by atoms with Crippen LogP contribution in [-0.2, 0) is 0 Å². The van der Waals surface area contributed by atoms with Crippen LogP contribution in [0.2, 0.25) is 0 Å². The summed E-state index contributed by atoms with van der Waals surface area (Å²) in [6.07, 6.45) is 3.38. The third-order valence-corrected chi connectivity index (χ3v) is 4.07. The van der Waals surface area contributed by atoms with E-state index in [4.69, 9.17) is 0 Å². The van der Waals surface area contributed by atoms with Crippen molar-refractivity contribution in [2.24, 2.45) is 0 Å². The van der Waals surface area contributed by atoms with Crippen LogP contribution in [0.15, 0.2) is 30.6 Å². The second-order valence-electron chi connectivity index (χ2n) is 5.56. The van der Waals surface area contributed by atoms with Gasteiger partial charge in [-0.1, -0.05) is 18.2 Å². The van der Waals surface area contributed by atoms with Gasteiger partial charge in [0, 0.05) is 24.6 Å². The summed E-state index contributed by atoms with van der Waals surface area (Å²) in [5.74, 6) is 0.810. The highest BCUT2D eigenvalue weighted by molar-refractivity contribution is 6.07. The van der Waals surface area contributed by atoms with E-state index >= 15 is 0 Å². The number of carbonyl (C=O) groups excluding carboxylic acids is 2. The number of Topliss-reactive ketones (excluding diaryl/α,β-unsaturated/α-hetero) is 1. The molecule has 1 saturated heterocycles. The molecule has 22 heavy (non-hydrogen) atoms. The van der Waals surface area contributed by atoms with Gasteiger partial charge in [-0.2, -0.15) is 5.10 Å². The van der Waals surface area contributed by atoms with Crippen LogP contribution in [-0.4, -0.2) is 44.9 Å². The van der Waals surface area contributed by atoms with Gasteiger partial charge in [-0.15, -0.1) is 0 Å². The molecule has 114 valence electrons. The average molecular weight is 298 g/mol. The molecule has 1 aliphatic heterocycles. The number of nitrogens with zero attached hydrogens (tertiary/aromatic N) is 3. The fourth-order valence-corrected chi connectivity index (χ4v) is 2.94. The zero-order chi connectivity index (χ0) is 15.5. The van der Waals surface area contributed by atoms with Crippen LogP contribution < -0.4 is 0 Å². The molecule has 0 radical (unpaired) electrons. The van der Waals surface area contributed by atoms with Crippen molar-refractivity contribution in [3.63, 3.8) is 0 Å². The predicted octanol–water partition coefficient (Wildman–Crippen LogP) is 2.03. The maximum Gasteiger partial charge on any atom is 0.254 e. The Morgan fingerprint density at radius 1 is 1.27 bits per heavy atom. The molecule has 1 aromatic carbocycles. The molecule has 1 fully saturated rings. The van der Waals surface area contributed by atoms with E-state index in [2.05, 4.69) is 15.2 Å². The van der Waals surface area contributed by atoms with Gasteiger partial charge < -0.3 is 4.90 Å². The molecular formula is C16H18N4O2. The van der Waals surface area contributed by atoms with Gasteiger partial charge in [0.05, 0.1) is 5.56 Å². The number of rotatable bonds is 3. The third-order valence-electron chi connectivity index (χ3n) is 4.07. The quantitative estimate of drug-likeness (QED) is 0.879. The fraction of sp³-hybridized carbons (Fsp3) is 0.375. The zero-order valence-corrected chi connectivity index (χ0v) is 12.5. The molecule has 1 amide bonds. The Bertz CT molecular complexity index is 681. The molecule has 1 unspecified atom stereocenters. The van der Waals surface area contributed by atoms with Crippen molar-refractivity contribution in [1.29, 1.82) is 0 Å². The Balaban J connectivity index is 1.82. The molecule has 1 aromatic heterocycles. The minimum Gasteiger partial charge on any atom is -0.338 e. The number of H-pyrrole nitrogens is 1. The lowest BCUT2D eigenvalue weighted by molar-refractivity contribution is 0.0700. The molecule has 0 saturated carbocycles. The van der Waals surface area contributed by atoms with E-state index in [-0.39, 0.29) is 17.6 Å². The lowest BCUT2D eigenvalue weighted by Crippen LogP contribution is -2.39. The molecule has 6 nitrogen and oxygen atoms in total. The van der Waals surface area contributed by atoms with Gasteiger partial charge in [0.1, 0.15) is 12.2 Å². The normalized spacial score (nSPS) is 18.2. The maximum absolute atomic E-state index is 12.8. The van der Waals surface area contributed by atoms with Crippen molar-refractivity contribution in [1.82, 2.24) is 20.1 Å². The smallest absolute Gasteiger partial charge is 0.254 e. The molecule has 3 rings (SSSR count). The average Bonchev–Trinajstić information content (AvgIpc) is 3.09. The van der Waals surface area contributed by atoms with E-state index < -0.39 is 0 Å². The first-order valence-corrected chi connectivity index (χ1v) is 7.41. The largest absolute Gasteiger partial charge is 0.338 e. The van der Waals surface area contributed by atoms with Gasteiger partial charge in [0.2, 0.25) is 0 Å². The number of aromatic amines is 1. The van der Waals surface area contributed by atoms with Crippen molar-refractivity contribution in [2.45, 2.75) is 25.7 Å². The van der Waals surface area contributed by atoms with Crippen molar-refractivity contribution in [2.75, 3.05) is 13.1 Å². The van der Waals surface area contributed by atoms with Crippen LogP contribution >= 0.6 is 0 Å². The highest BCUT2D eigenvalue weighted by atomic mass is 16.2. The lowest BCUT2D eigenvalue weighted by atomic mass is 9.95. The molecule has 0 aliphatic carbocycles. The van der Waals surface area contributed by atoms with Crippen LogP contribution in [0, 0.1) is 0 Å². The van der Waals surface area contributed by atoms with E-state index in [0.29, 0.717) is 24.2 Å². The number of carbonyl (C=O) groups is 2. The number of ketones is 1. The molecule has 6 heteroatoms. The molecule has 1 atom stereocenters. The Kier molecular flexibility index (Phi) is 4.00. The molecular weight excluding hydrogens is 280 g/mol. The number of piperidine rings is 1. The van der Waals surface area contributed by atoms with Crippen LogP contribution in [0.3, 0.4) is 0 Å². The number of amides is 1. The fourth-order valence-electron chi connectivity index (χ4n) is 2.94. The standard InChI is InChI=1S/C16H18N4O2/c1-11(21)13-6-2-3-7-14(13)16(22)20-8-4-5-12(9-20)15-17-10-18-19-15/h2-3,6-7,10,12H,4-5,8-9H2,1H3,(H,17,18,19). The first-order valence-electron chi connectivity index (χ1n) is 7.41. The van der Waals surface area contributed by atoms with Gasteiger partial charge >= 0.3 is 0 Å². The third kappa shape index (κ3) is 2.77. The monoisotopic (exact) mass is 298 g/mol. The minimum atomic E-state index is -0.0901. The van der Waals surface area contributed by atoms with Crippen molar-refractivity contribution in [3.05, 3.63) is 47.5 Å². The summed E-state index contributed by atoms with van der Waals surface area (Å²) in [5, 5.41) is 6.76. The zero-order valence-electron chi connectivity index (χ0n) is 12.5. The topological polar surface area (TPSA) is 79.0 Å². The Hall–Kier alpha value is -2.50. The van der Waals surface area contributed by atoms with Gasteiger partial charge in [-0.05, 0) is 25.8 Å². The number of benzene rings is 1. The van der Waals surface area contributed by atoms with Gasteiger partial charge in [-0.3, -0.25) is 14.7 Å². The van der Waals surface area contributed by atoms with Crippen LogP contribution in [0.5, 0.6) is 0 Å². The molecule has 1 N–H and O–H groups in total. The summed E-state index contributed by atoms with van der Waals surface area (Å²) >= 11 is 0. The van der Waals surface area contributed by atoms with Gasteiger partial charge in [0.15, 0.2) is 5.78 Å². The Morgan fingerprint density at radius 2 is 2.05 bits per heavy atom. The maximum atomic E-state index is 12.8. The second-order valence-corrected chi connectivity index (χ2v) is 5.56. The van der Waals surface area contributed by atoms with Gasteiger partial charge in [0.25, 0.3) is 5.91 Å². The predicted molar refractivity (Wildman–Crippen MR) is 80.7 cm³/mol. The highest BCUT2D eigenvalue weighted by Crippen LogP contribution is 2.25. The van der Waals surface area contributed by atoms with Gasteiger partial charge in [-0.25, -0.2) is 4.98 Å². The number of aromatic nitrogens is 3. The number of likely N-dealkylation sites (tertiary alicyclic amines) is 1. The van der Waals surface area contributed by atoms with Crippen LogP contribution in [0.25, 0.3) is 0 Å². The lowest BCUT2D eigenvalue weighted by Gasteiger charge is -2.32. The SMILES string of the molecule is CC(=O)c1ccccc1C(=O)N1CCCC(c2ncn[nH]2)C1. The van der Waals surface area contributed by atoms with Crippen molar-refractivity contribution in [3.8, 4) is 0 Å². The number of hydrogen-bond donors (Lipinski definition) is 1. The first kappa shape index (κ1) is 14.4. The highest BCUT2D eigenvalue weighted by Gasteiger charge is 2.28. The molecule has 0 spiro atoms. The molecule has 1 aliphatic rings. The van der Waals surface area contributed by atoms with Crippen molar-refractivity contribution < 1.29 is 9.59 Å². The molecule has 2 aromatic rings. The second kappa shape index (κ2) is 6.09. The van der Waals surface area contributed by atoms with Crippen LogP contribution in [0.4, 0.5) is 0 Å². The van der Waals surface area contributed by atoms with E-state index in [0.717, 1.165) is 18.7 Å². The Labute approximate surface area is 128 Å². The molecule has 0 bridgehead atoms.